The molecule has 0 N–H and O–H groups in total. The highest BCUT2D eigenvalue weighted by Gasteiger charge is 2.61. The zero-order chi connectivity index (χ0) is 14.0. The van der Waals surface area contributed by atoms with Crippen molar-refractivity contribution >= 4 is 29.1 Å². The van der Waals surface area contributed by atoms with Crippen LogP contribution in [0.4, 0.5) is 10.1 Å². The molecule has 2 amide bonds. The summed E-state index contributed by atoms with van der Waals surface area (Å²) in [5.74, 6) is -2.14. The Morgan fingerprint density at radius 3 is 2.25 bits per heavy atom. The second kappa shape index (κ2) is 3.90. The zero-order valence-electron chi connectivity index (χ0n) is 10.1. The largest absolute Gasteiger partial charge is 0.365 e. The molecule has 102 valence electrons. The molecule has 1 aromatic carbocycles. The molecular formula is C14H9ClFNO3. The SMILES string of the molecule is O=C1[C@@H]2[C@H](C(=O)N1c1ccc(F)c(Cl)c1)[C@H]1C=C[C@H]2O1. The van der Waals surface area contributed by atoms with Crippen molar-refractivity contribution in [2.45, 2.75) is 12.2 Å². The minimum absolute atomic E-state index is 0.113. The topological polar surface area (TPSA) is 46.6 Å². The summed E-state index contributed by atoms with van der Waals surface area (Å²) in [4.78, 5) is 26.0. The van der Waals surface area contributed by atoms with Crippen LogP contribution in [0.25, 0.3) is 0 Å². The lowest BCUT2D eigenvalue weighted by Crippen LogP contribution is -2.34. The number of benzene rings is 1. The monoisotopic (exact) mass is 293 g/mol. The number of anilines is 1. The van der Waals surface area contributed by atoms with Crippen LogP contribution < -0.4 is 4.90 Å². The minimum Gasteiger partial charge on any atom is -0.365 e. The minimum atomic E-state index is -0.584. The highest BCUT2D eigenvalue weighted by atomic mass is 35.5. The molecule has 0 unspecified atom stereocenters. The first-order valence-corrected chi connectivity index (χ1v) is 6.62. The molecule has 4 nitrogen and oxygen atoms in total. The van der Waals surface area contributed by atoms with Gasteiger partial charge < -0.3 is 4.74 Å². The molecule has 3 aliphatic heterocycles. The molecule has 2 saturated heterocycles. The molecule has 4 rings (SSSR count). The summed E-state index contributed by atoms with van der Waals surface area (Å²) in [5.41, 5.74) is 0.306. The lowest BCUT2D eigenvalue weighted by Gasteiger charge is -2.17. The van der Waals surface area contributed by atoms with Gasteiger partial charge in [0, 0.05) is 0 Å². The number of hydrogen-bond donors (Lipinski definition) is 0. The third kappa shape index (κ3) is 1.39. The van der Waals surface area contributed by atoms with Gasteiger partial charge in [0.1, 0.15) is 5.82 Å². The average Bonchev–Trinajstić information content (AvgIpc) is 3.08. The van der Waals surface area contributed by atoms with Gasteiger partial charge in [-0.15, -0.1) is 0 Å². The van der Waals surface area contributed by atoms with Gasteiger partial charge in [-0.25, -0.2) is 9.29 Å². The summed E-state index contributed by atoms with van der Waals surface area (Å²) < 4.78 is 18.7. The van der Waals surface area contributed by atoms with Crippen LogP contribution in [0.3, 0.4) is 0 Å². The van der Waals surface area contributed by atoms with Crippen LogP contribution in [0.2, 0.25) is 5.02 Å². The molecule has 0 radical (unpaired) electrons. The molecule has 0 aliphatic carbocycles. The van der Waals surface area contributed by atoms with Gasteiger partial charge in [-0.1, -0.05) is 23.8 Å². The van der Waals surface area contributed by atoms with E-state index in [0.717, 1.165) is 11.0 Å². The van der Waals surface area contributed by atoms with E-state index in [-0.39, 0.29) is 29.0 Å². The molecule has 0 aromatic heterocycles. The fourth-order valence-corrected chi connectivity index (χ4v) is 3.36. The van der Waals surface area contributed by atoms with E-state index in [4.69, 9.17) is 16.3 Å². The maximum atomic E-state index is 13.2. The Kier molecular flexibility index (Phi) is 2.35. The van der Waals surface area contributed by atoms with Crippen molar-refractivity contribution < 1.29 is 18.7 Å². The van der Waals surface area contributed by atoms with Gasteiger partial charge in [-0.3, -0.25) is 9.59 Å². The first kappa shape index (κ1) is 12.1. The van der Waals surface area contributed by atoms with E-state index in [1.54, 1.807) is 0 Å². The van der Waals surface area contributed by atoms with Gasteiger partial charge in [0.05, 0.1) is 34.8 Å². The van der Waals surface area contributed by atoms with Gasteiger partial charge in [0.25, 0.3) is 0 Å². The van der Waals surface area contributed by atoms with Gasteiger partial charge >= 0.3 is 0 Å². The Bertz CT molecular complexity index is 644. The van der Waals surface area contributed by atoms with E-state index in [1.807, 2.05) is 12.2 Å². The lowest BCUT2D eigenvalue weighted by atomic mass is 9.85. The van der Waals surface area contributed by atoms with Crippen molar-refractivity contribution in [3.63, 3.8) is 0 Å². The molecule has 3 aliphatic rings. The van der Waals surface area contributed by atoms with Crippen LogP contribution in [-0.2, 0) is 14.3 Å². The smallest absolute Gasteiger partial charge is 0.240 e. The zero-order valence-corrected chi connectivity index (χ0v) is 10.9. The lowest BCUT2D eigenvalue weighted by molar-refractivity contribution is -0.124. The number of nitrogens with zero attached hydrogens (tertiary/aromatic N) is 1. The van der Waals surface area contributed by atoms with Gasteiger partial charge in [-0.05, 0) is 18.2 Å². The molecule has 0 saturated carbocycles. The number of fused-ring (bicyclic) bond motifs is 5. The summed E-state index contributed by atoms with van der Waals surface area (Å²) in [5, 5.41) is -0.113. The predicted octanol–water partition coefficient (Wildman–Crippen LogP) is 1.92. The molecule has 1 aromatic rings. The molecule has 4 atom stereocenters. The standard InChI is InChI=1S/C14H9ClFNO3/c15-7-5-6(1-2-8(7)16)17-13(18)11-9-3-4-10(20-9)12(11)14(17)19/h1-5,9-12H/t9-,10-,11-,12+/m1/s1. The number of carbonyl (C=O) groups is 2. The van der Waals surface area contributed by atoms with Crippen molar-refractivity contribution in [1.29, 1.82) is 0 Å². The van der Waals surface area contributed by atoms with E-state index in [0.29, 0.717) is 5.69 Å². The quantitative estimate of drug-likeness (QED) is 0.587. The first-order valence-electron chi connectivity index (χ1n) is 6.24. The average molecular weight is 294 g/mol. The number of imide groups is 1. The van der Waals surface area contributed by atoms with Gasteiger partial charge in [0.2, 0.25) is 11.8 Å². The summed E-state index contributed by atoms with van der Waals surface area (Å²) in [6, 6.07) is 3.83. The molecule has 20 heavy (non-hydrogen) atoms. The fraction of sp³-hybridized carbons (Fsp3) is 0.286. The van der Waals surface area contributed by atoms with E-state index in [2.05, 4.69) is 0 Å². The van der Waals surface area contributed by atoms with Crippen LogP contribution in [0.5, 0.6) is 0 Å². The number of amides is 2. The molecule has 3 heterocycles. The molecule has 6 heteroatoms. The van der Waals surface area contributed by atoms with Crippen LogP contribution >= 0.6 is 11.6 Å². The summed E-state index contributed by atoms with van der Waals surface area (Å²) in [6.07, 6.45) is 2.97. The Morgan fingerprint density at radius 1 is 1.10 bits per heavy atom. The Hall–Kier alpha value is -1.72. The highest BCUT2D eigenvalue weighted by molar-refractivity contribution is 6.31. The highest BCUT2D eigenvalue weighted by Crippen LogP contribution is 2.46. The summed E-state index contributed by atoms with van der Waals surface area (Å²) >= 11 is 5.72. The number of hydrogen-bond acceptors (Lipinski definition) is 3. The van der Waals surface area contributed by atoms with E-state index < -0.39 is 17.7 Å². The Morgan fingerprint density at radius 2 is 1.70 bits per heavy atom. The second-order valence-electron chi connectivity index (χ2n) is 5.11. The van der Waals surface area contributed by atoms with Crippen molar-refractivity contribution in [1.82, 2.24) is 0 Å². The second-order valence-corrected chi connectivity index (χ2v) is 5.52. The van der Waals surface area contributed by atoms with Crippen molar-refractivity contribution in [3.05, 3.63) is 41.2 Å². The third-order valence-electron chi connectivity index (χ3n) is 4.07. The first-order chi connectivity index (χ1) is 9.58. The number of rotatable bonds is 1. The molecule has 2 bridgehead atoms. The van der Waals surface area contributed by atoms with Gasteiger partial charge in [-0.2, -0.15) is 0 Å². The molecule has 0 spiro atoms. The number of ether oxygens (including phenoxy) is 1. The third-order valence-corrected chi connectivity index (χ3v) is 4.36. The van der Waals surface area contributed by atoms with Crippen LogP contribution in [0.1, 0.15) is 0 Å². The van der Waals surface area contributed by atoms with Crippen LogP contribution in [0.15, 0.2) is 30.4 Å². The Labute approximate surface area is 118 Å². The normalized spacial score (nSPS) is 34.2. The Balaban J connectivity index is 1.76. The van der Waals surface area contributed by atoms with Crippen LogP contribution in [0, 0.1) is 17.7 Å². The van der Waals surface area contributed by atoms with E-state index >= 15 is 0 Å². The molecular weight excluding hydrogens is 285 g/mol. The number of halogens is 2. The van der Waals surface area contributed by atoms with E-state index in [1.165, 1.54) is 12.1 Å². The number of carbonyl (C=O) groups excluding carboxylic acids is 2. The van der Waals surface area contributed by atoms with Crippen molar-refractivity contribution in [2.24, 2.45) is 11.8 Å². The summed E-state index contributed by atoms with van der Waals surface area (Å²) in [6.45, 7) is 0. The predicted molar refractivity (Wildman–Crippen MR) is 68.7 cm³/mol. The maximum Gasteiger partial charge on any atom is 0.240 e. The van der Waals surface area contributed by atoms with Crippen LogP contribution in [-0.4, -0.2) is 24.0 Å². The maximum absolute atomic E-state index is 13.2. The van der Waals surface area contributed by atoms with Crippen molar-refractivity contribution in [2.75, 3.05) is 4.90 Å². The fourth-order valence-electron chi connectivity index (χ4n) is 3.18. The van der Waals surface area contributed by atoms with Gasteiger partial charge in [0.15, 0.2) is 0 Å². The van der Waals surface area contributed by atoms with Crippen molar-refractivity contribution in [3.8, 4) is 0 Å². The van der Waals surface area contributed by atoms with E-state index in [9.17, 15) is 14.0 Å². The molecule has 2 fully saturated rings. The summed E-state index contributed by atoms with van der Waals surface area (Å²) in [7, 11) is 0.